The molecule has 24 heavy (non-hydrogen) atoms. The smallest absolute Gasteiger partial charge is 0.222 e. The van der Waals surface area contributed by atoms with Crippen LogP contribution in [-0.4, -0.2) is 61.6 Å². The topological polar surface area (TPSA) is 32.8 Å². The molecule has 1 amide bonds. The minimum Gasteiger partial charge on any atom is -0.379 e. The summed E-state index contributed by atoms with van der Waals surface area (Å²) < 4.78 is 5.37. The molecular formula is C20H30N2O2. The first-order chi connectivity index (χ1) is 11.7. The minimum atomic E-state index is 0.334. The van der Waals surface area contributed by atoms with Crippen molar-refractivity contribution in [2.24, 2.45) is 0 Å². The lowest BCUT2D eigenvalue weighted by molar-refractivity contribution is -0.132. The van der Waals surface area contributed by atoms with Gasteiger partial charge in [0.15, 0.2) is 0 Å². The molecule has 132 valence electrons. The minimum absolute atomic E-state index is 0.334. The van der Waals surface area contributed by atoms with E-state index in [9.17, 15) is 4.79 Å². The molecule has 0 bridgehead atoms. The molecule has 1 atom stereocenters. The predicted octanol–water partition coefficient (Wildman–Crippen LogP) is 2.81. The molecule has 1 aromatic rings. The Morgan fingerprint density at radius 3 is 2.88 bits per heavy atom. The van der Waals surface area contributed by atoms with Crippen LogP contribution in [0.25, 0.3) is 0 Å². The van der Waals surface area contributed by atoms with Crippen molar-refractivity contribution in [3.05, 3.63) is 35.4 Å². The Morgan fingerprint density at radius 1 is 1.25 bits per heavy atom. The quantitative estimate of drug-likeness (QED) is 0.832. The van der Waals surface area contributed by atoms with E-state index in [1.54, 1.807) is 0 Å². The van der Waals surface area contributed by atoms with Crippen molar-refractivity contribution in [1.82, 2.24) is 9.80 Å². The van der Waals surface area contributed by atoms with Gasteiger partial charge < -0.3 is 9.64 Å². The molecule has 0 aliphatic carbocycles. The lowest BCUT2D eigenvalue weighted by Gasteiger charge is -2.33. The van der Waals surface area contributed by atoms with E-state index in [1.165, 1.54) is 17.5 Å². The Balaban J connectivity index is 1.46. The summed E-state index contributed by atoms with van der Waals surface area (Å²) in [6, 6.07) is 8.76. The molecule has 3 rings (SSSR count). The Hall–Kier alpha value is -1.39. The summed E-state index contributed by atoms with van der Waals surface area (Å²) in [5, 5.41) is 0. The predicted molar refractivity (Wildman–Crippen MR) is 96.2 cm³/mol. The second kappa shape index (κ2) is 8.63. The molecule has 2 aliphatic rings. The third-order valence-corrected chi connectivity index (χ3v) is 5.26. The fourth-order valence-corrected chi connectivity index (χ4v) is 3.84. The fourth-order valence-electron chi connectivity index (χ4n) is 3.84. The molecule has 2 aliphatic heterocycles. The van der Waals surface area contributed by atoms with E-state index in [1.807, 2.05) is 0 Å². The molecule has 0 N–H and O–H groups in total. The van der Waals surface area contributed by atoms with Gasteiger partial charge in [-0.3, -0.25) is 9.69 Å². The van der Waals surface area contributed by atoms with E-state index in [-0.39, 0.29) is 0 Å². The fraction of sp³-hybridized carbons (Fsp3) is 0.650. The van der Waals surface area contributed by atoms with Gasteiger partial charge in [-0.1, -0.05) is 29.8 Å². The molecule has 1 unspecified atom stereocenters. The van der Waals surface area contributed by atoms with Gasteiger partial charge in [-0.2, -0.15) is 0 Å². The molecular weight excluding hydrogens is 300 g/mol. The van der Waals surface area contributed by atoms with Crippen molar-refractivity contribution in [1.29, 1.82) is 0 Å². The van der Waals surface area contributed by atoms with Gasteiger partial charge >= 0.3 is 0 Å². The number of piperidine rings is 1. The molecule has 1 aromatic carbocycles. The molecule has 4 heteroatoms. The van der Waals surface area contributed by atoms with Crippen molar-refractivity contribution in [2.75, 3.05) is 45.9 Å². The summed E-state index contributed by atoms with van der Waals surface area (Å²) in [7, 11) is 0. The van der Waals surface area contributed by atoms with Crippen LogP contribution < -0.4 is 0 Å². The van der Waals surface area contributed by atoms with Crippen molar-refractivity contribution in [3.8, 4) is 0 Å². The maximum absolute atomic E-state index is 12.6. The SMILES string of the molecule is Cc1cccc(C2CCCN(C(=O)CCCN3CCOCC3)C2)c1. The van der Waals surface area contributed by atoms with E-state index in [4.69, 9.17) is 4.74 Å². The largest absolute Gasteiger partial charge is 0.379 e. The van der Waals surface area contributed by atoms with Crippen molar-refractivity contribution >= 4 is 5.91 Å². The molecule has 0 saturated carbocycles. The van der Waals surface area contributed by atoms with E-state index in [0.717, 1.165) is 58.8 Å². The highest BCUT2D eigenvalue weighted by Gasteiger charge is 2.24. The number of morpholine rings is 1. The van der Waals surface area contributed by atoms with Gasteiger partial charge in [0, 0.05) is 38.5 Å². The number of amides is 1. The van der Waals surface area contributed by atoms with Gasteiger partial charge in [0.05, 0.1) is 13.2 Å². The Morgan fingerprint density at radius 2 is 2.08 bits per heavy atom. The number of hydrogen-bond acceptors (Lipinski definition) is 3. The van der Waals surface area contributed by atoms with Crippen LogP contribution in [0.4, 0.5) is 0 Å². The number of likely N-dealkylation sites (tertiary alicyclic amines) is 1. The van der Waals surface area contributed by atoms with Crippen LogP contribution in [0.3, 0.4) is 0 Å². The van der Waals surface area contributed by atoms with Gasteiger partial charge in [-0.25, -0.2) is 0 Å². The number of carbonyl (C=O) groups is 1. The summed E-state index contributed by atoms with van der Waals surface area (Å²) in [4.78, 5) is 17.1. The third-order valence-electron chi connectivity index (χ3n) is 5.26. The lowest BCUT2D eigenvalue weighted by atomic mass is 9.89. The molecule has 2 saturated heterocycles. The van der Waals surface area contributed by atoms with Crippen LogP contribution in [0.15, 0.2) is 24.3 Å². The number of benzene rings is 1. The van der Waals surface area contributed by atoms with E-state index in [0.29, 0.717) is 18.2 Å². The highest BCUT2D eigenvalue weighted by Crippen LogP contribution is 2.27. The number of carbonyl (C=O) groups excluding carboxylic acids is 1. The first kappa shape index (κ1) is 17.4. The average Bonchev–Trinajstić information content (AvgIpc) is 2.63. The zero-order valence-corrected chi connectivity index (χ0v) is 14.9. The number of ether oxygens (including phenoxy) is 1. The summed E-state index contributed by atoms with van der Waals surface area (Å²) in [5.74, 6) is 0.836. The van der Waals surface area contributed by atoms with Crippen LogP contribution >= 0.6 is 0 Å². The average molecular weight is 330 g/mol. The van der Waals surface area contributed by atoms with E-state index < -0.39 is 0 Å². The highest BCUT2D eigenvalue weighted by molar-refractivity contribution is 5.76. The summed E-state index contributed by atoms with van der Waals surface area (Å²) in [6.45, 7) is 8.65. The second-order valence-electron chi connectivity index (χ2n) is 7.15. The Kier molecular flexibility index (Phi) is 6.27. The van der Waals surface area contributed by atoms with Gasteiger partial charge in [-0.05, 0) is 38.3 Å². The Bertz CT molecular complexity index is 540. The van der Waals surface area contributed by atoms with Gasteiger partial charge in [0.25, 0.3) is 0 Å². The zero-order valence-electron chi connectivity index (χ0n) is 14.9. The van der Waals surface area contributed by atoms with Crippen molar-refractivity contribution in [2.45, 2.75) is 38.5 Å². The molecule has 0 radical (unpaired) electrons. The van der Waals surface area contributed by atoms with Crippen LogP contribution in [0.2, 0.25) is 0 Å². The molecule has 2 heterocycles. The molecule has 0 aromatic heterocycles. The monoisotopic (exact) mass is 330 g/mol. The highest BCUT2D eigenvalue weighted by atomic mass is 16.5. The number of nitrogens with zero attached hydrogens (tertiary/aromatic N) is 2. The summed E-state index contributed by atoms with van der Waals surface area (Å²) >= 11 is 0. The molecule has 4 nitrogen and oxygen atoms in total. The Labute approximate surface area is 145 Å². The maximum atomic E-state index is 12.6. The number of rotatable bonds is 5. The first-order valence-electron chi connectivity index (χ1n) is 9.37. The summed E-state index contributed by atoms with van der Waals surface area (Å²) in [5.41, 5.74) is 2.70. The standard InChI is InChI=1S/C20H30N2O2/c1-17-5-2-6-18(15-17)19-7-3-10-22(16-19)20(23)8-4-9-21-11-13-24-14-12-21/h2,5-6,15,19H,3-4,7-14,16H2,1H3. The normalized spacial score (nSPS) is 22.5. The number of hydrogen-bond donors (Lipinski definition) is 0. The van der Waals surface area contributed by atoms with Crippen LogP contribution in [0.5, 0.6) is 0 Å². The van der Waals surface area contributed by atoms with Gasteiger partial charge in [0.2, 0.25) is 5.91 Å². The zero-order chi connectivity index (χ0) is 16.8. The molecule has 0 spiro atoms. The summed E-state index contributed by atoms with van der Waals surface area (Å²) in [6.07, 6.45) is 3.96. The van der Waals surface area contributed by atoms with Crippen molar-refractivity contribution in [3.63, 3.8) is 0 Å². The third kappa shape index (κ3) is 4.81. The van der Waals surface area contributed by atoms with Gasteiger partial charge in [-0.15, -0.1) is 0 Å². The first-order valence-corrected chi connectivity index (χ1v) is 9.37. The second-order valence-corrected chi connectivity index (χ2v) is 7.15. The molecule has 2 fully saturated rings. The maximum Gasteiger partial charge on any atom is 0.222 e. The lowest BCUT2D eigenvalue weighted by Crippen LogP contribution is -2.40. The van der Waals surface area contributed by atoms with Crippen LogP contribution in [0.1, 0.15) is 42.7 Å². The van der Waals surface area contributed by atoms with Gasteiger partial charge in [0.1, 0.15) is 0 Å². The number of aryl methyl sites for hydroxylation is 1. The van der Waals surface area contributed by atoms with E-state index >= 15 is 0 Å². The van der Waals surface area contributed by atoms with Crippen LogP contribution in [0, 0.1) is 6.92 Å². The van der Waals surface area contributed by atoms with Crippen LogP contribution in [-0.2, 0) is 9.53 Å². The van der Waals surface area contributed by atoms with E-state index in [2.05, 4.69) is 41.0 Å². The van der Waals surface area contributed by atoms with Crippen molar-refractivity contribution < 1.29 is 9.53 Å².